The van der Waals surface area contributed by atoms with Crippen LogP contribution in [0.5, 0.6) is 0 Å². The Morgan fingerprint density at radius 2 is 2.50 bits per heavy atom. The van der Waals surface area contributed by atoms with Gasteiger partial charge in [-0.2, -0.15) is 5.10 Å². The summed E-state index contributed by atoms with van der Waals surface area (Å²) in [6.07, 6.45) is 2.74. The minimum atomic E-state index is -0.357. The van der Waals surface area contributed by atoms with Gasteiger partial charge in [-0.1, -0.05) is 0 Å². The number of aromatic nitrogens is 2. The number of nitrogens with two attached hydrogens (primary N) is 1. The van der Waals surface area contributed by atoms with Crippen molar-refractivity contribution in [1.82, 2.24) is 9.78 Å². The second kappa shape index (κ2) is 4.23. The van der Waals surface area contributed by atoms with E-state index in [1.54, 1.807) is 4.68 Å². The zero-order valence-corrected chi connectivity index (χ0v) is 7.27. The van der Waals surface area contributed by atoms with Gasteiger partial charge < -0.3 is 10.8 Å². The summed E-state index contributed by atoms with van der Waals surface area (Å²) in [6.45, 7) is 0.522. The van der Waals surface area contributed by atoms with Crippen LogP contribution in [0.4, 0.5) is 0 Å². The molecular formula is C8H15N3O. The van der Waals surface area contributed by atoms with Gasteiger partial charge in [0.1, 0.15) is 0 Å². The van der Waals surface area contributed by atoms with Gasteiger partial charge in [0, 0.05) is 19.7 Å². The summed E-state index contributed by atoms with van der Waals surface area (Å²) in [6, 6.07) is 1.90. The van der Waals surface area contributed by atoms with Crippen LogP contribution in [0.1, 0.15) is 12.1 Å². The van der Waals surface area contributed by atoms with Crippen LogP contribution < -0.4 is 5.73 Å². The molecule has 0 aliphatic carbocycles. The third-order valence-corrected chi connectivity index (χ3v) is 1.71. The molecule has 4 nitrogen and oxygen atoms in total. The van der Waals surface area contributed by atoms with Gasteiger partial charge in [-0.15, -0.1) is 0 Å². The lowest BCUT2D eigenvalue weighted by molar-refractivity contribution is 0.166. The number of aliphatic hydroxyl groups is 1. The SMILES string of the molecule is Cn1ccc(CC(O)CCN)n1. The highest BCUT2D eigenvalue weighted by Crippen LogP contribution is 2.01. The van der Waals surface area contributed by atoms with Crippen molar-refractivity contribution in [3.8, 4) is 0 Å². The predicted molar refractivity (Wildman–Crippen MR) is 46.6 cm³/mol. The Morgan fingerprint density at radius 1 is 1.75 bits per heavy atom. The van der Waals surface area contributed by atoms with E-state index in [4.69, 9.17) is 5.73 Å². The monoisotopic (exact) mass is 169 g/mol. The van der Waals surface area contributed by atoms with E-state index >= 15 is 0 Å². The molecule has 1 aromatic rings. The van der Waals surface area contributed by atoms with Crippen LogP contribution in [0, 0.1) is 0 Å². The molecular weight excluding hydrogens is 154 g/mol. The molecule has 68 valence electrons. The molecule has 1 aromatic heterocycles. The summed E-state index contributed by atoms with van der Waals surface area (Å²) in [5.41, 5.74) is 6.22. The molecule has 4 heteroatoms. The standard InChI is InChI=1S/C8H15N3O/c1-11-5-3-7(10-11)6-8(12)2-4-9/h3,5,8,12H,2,4,6,9H2,1H3. The zero-order valence-electron chi connectivity index (χ0n) is 7.27. The van der Waals surface area contributed by atoms with Crippen molar-refractivity contribution in [1.29, 1.82) is 0 Å². The largest absolute Gasteiger partial charge is 0.393 e. The van der Waals surface area contributed by atoms with Crippen molar-refractivity contribution in [2.75, 3.05) is 6.54 Å². The second-order valence-electron chi connectivity index (χ2n) is 2.92. The van der Waals surface area contributed by atoms with Crippen molar-refractivity contribution in [3.63, 3.8) is 0 Å². The quantitative estimate of drug-likeness (QED) is 0.649. The van der Waals surface area contributed by atoms with E-state index in [1.165, 1.54) is 0 Å². The highest BCUT2D eigenvalue weighted by atomic mass is 16.3. The van der Waals surface area contributed by atoms with Crippen molar-refractivity contribution in [2.24, 2.45) is 12.8 Å². The summed E-state index contributed by atoms with van der Waals surface area (Å²) < 4.78 is 1.73. The molecule has 3 N–H and O–H groups in total. The molecule has 1 rings (SSSR count). The number of aryl methyl sites for hydroxylation is 1. The molecule has 0 aliphatic rings. The first-order chi connectivity index (χ1) is 5.72. The fourth-order valence-corrected chi connectivity index (χ4v) is 1.11. The molecule has 0 saturated carbocycles. The molecule has 1 heterocycles. The molecule has 1 unspecified atom stereocenters. The number of hydrogen-bond acceptors (Lipinski definition) is 3. The average Bonchev–Trinajstić information content (AvgIpc) is 2.36. The first-order valence-electron chi connectivity index (χ1n) is 4.09. The van der Waals surface area contributed by atoms with E-state index in [2.05, 4.69) is 5.10 Å². The first kappa shape index (κ1) is 9.22. The smallest absolute Gasteiger partial charge is 0.0650 e. The molecule has 0 radical (unpaired) electrons. The van der Waals surface area contributed by atoms with Gasteiger partial charge in [-0.05, 0) is 19.0 Å². The topological polar surface area (TPSA) is 64.1 Å². The molecule has 0 amide bonds. The van der Waals surface area contributed by atoms with Gasteiger partial charge in [0.05, 0.1) is 11.8 Å². The highest BCUT2D eigenvalue weighted by Gasteiger charge is 2.05. The summed E-state index contributed by atoms with van der Waals surface area (Å²) in [5.74, 6) is 0. The summed E-state index contributed by atoms with van der Waals surface area (Å²) >= 11 is 0. The first-order valence-corrected chi connectivity index (χ1v) is 4.09. The van der Waals surface area contributed by atoms with Gasteiger partial charge >= 0.3 is 0 Å². The molecule has 1 atom stereocenters. The minimum Gasteiger partial charge on any atom is -0.393 e. The maximum Gasteiger partial charge on any atom is 0.0650 e. The summed E-state index contributed by atoms with van der Waals surface area (Å²) in [4.78, 5) is 0. The minimum absolute atomic E-state index is 0.357. The maximum absolute atomic E-state index is 9.38. The zero-order chi connectivity index (χ0) is 8.97. The van der Waals surface area contributed by atoms with Crippen LogP contribution in [0.25, 0.3) is 0 Å². The van der Waals surface area contributed by atoms with Crippen LogP contribution in [-0.4, -0.2) is 27.5 Å². The Kier molecular flexibility index (Phi) is 3.25. The molecule has 0 aromatic carbocycles. The van der Waals surface area contributed by atoms with Crippen LogP contribution >= 0.6 is 0 Å². The van der Waals surface area contributed by atoms with Crippen LogP contribution in [-0.2, 0) is 13.5 Å². The second-order valence-corrected chi connectivity index (χ2v) is 2.92. The van der Waals surface area contributed by atoms with E-state index in [0.29, 0.717) is 19.4 Å². The van der Waals surface area contributed by atoms with E-state index in [1.807, 2.05) is 19.3 Å². The molecule has 0 bridgehead atoms. The van der Waals surface area contributed by atoms with E-state index < -0.39 is 0 Å². The maximum atomic E-state index is 9.38. The van der Waals surface area contributed by atoms with E-state index in [9.17, 15) is 5.11 Å². The van der Waals surface area contributed by atoms with Gasteiger partial charge in [-0.3, -0.25) is 4.68 Å². The van der Waals surface area contributed by atoms with Crippen LogP contribution in [0.15, 0.2) is 12.3 Å². The Morgan fingerprint density at radius 3 is 3.00 bits per heavy atom. The lowest BCUT2D eigenvalue weighted by Gasteiger charge is -2.05. The molecule has 0 spiro atoms. The number of nitrogens with zero attached hydrogens (tertiary/aromatic N) is 2. The van der Waals surface area contributed by atoms with E-state index in [-0.39, 0.29) is 6.10 Å². The molecule has 0 saturated heterocycles. The van der Waals surface area contributed by atoms with E-state index in [0.717, 1.165) is 5.69 Å². The van der Waals surface area contributed by atoms with Gasteiger partial charge in [0.2, 0.25) is 0 Å². The number of aliphatic hydroxyl groups excluding tert-OH is 1. The fraction of sp³-hybridized carbons (Fsp3) is 0.625. The third kappa shape index (κ3) is 2.64. The number of rotatable bonds is 4. The van der Waals surface area contributed by atoms with Gasteiger partial charge in [-0.25, -0.2) is 0 Å². The summed E-state index contributed by atoms with van der Waals surface area (Å²) in [5, 5.41) is 13.5. The highest BCUT2D eigenvalue weighted by molar-refractivity contribution is 5.00. The molecule has 0 fully saturated rings. The Bertz CT molecular complexity index is 234. The number of hydrogen-bond donors (Lipinski definition) is 2. The lowest BCUT2D eigenvalue weighted by Crippen LogP contribution is -2.16. The van der Waals surface area contributed by atoms with Crippen molar-refractivity contribution >= 4 is 0 Å². The normalized spacial score (nSPS) is 13.2. The van der Waals surface area contributed by atoms with Crippen LogP contribution in [0.3, 0.4) is 0 Å². The fourth-order valence-electron chi connectivity index (χ4n) is 1.11. The average molecular weight is 169 g/mol. The van der Waals surface area contributed by atoms with Crippen molar-refractivity contribution in [2.45, 2.75) is 18.9 Å². The third-order valence-electron chi connectivity index (χ3n) is 1.71. The Labute approximate surface area is 72.0 Å². The van der Waals surface area contributed by atoms with Gasteiger partial charge in [0.25, 0.3) is 0 Å². The predicted octanol–water partition coefficient (Wildman–Crippen LogP) is -0.328. The Balaban J connectivity index is 2.41. The lowest BCUT2D eigenvalue weighted by atomic mass is 10.1. The van der Waals surface area contributed by atoms with Crippen molar-refractivity contribution < 1.29 is 5.11 Å². The van der Waals surface area contributed by atoms with Gasteiger partial charge in [0.15, 0.2) is 0 Å². The summed E-state index contributed by atoms with van der Waals surface area (Å²) in [7, 11) is 1.86. The molecule has 12 heavy (non-hydrogen) atoms. The Hall–Kier alpha value is -0.870. The van der Waals surface area contributed by atoms with Crippen molar-refractivity contribution in [3.05, 3.63) is 18.0 Å². The molecule has 0 aliphatic heterocycles. The van der Waals surface area contributed by atoms with Crippen LogP contribution in [0.2, 0.25) is 0 Å².